The van der Waals surface area contributed by atoms with Gasteiger partial charge >= 0.3 is 5.97 Å². The van der Waals surface area contributed by atoms with Gasteiger partial charge in [0.2, 0.25) is 0 Å². The van der Waals surface area contributed by atoms with E-state index < -0.39 is 0 Å². The first-order chi connectivity index (χ1) is 12.2. The van der Waals surface area contributed by atoms with Crippen LogP contribution in [0.4, 0.5) is 0 Å². The quantitative estimate of drug-likeness (QED) is 0.251. The molecule has 0 saturated carbocycles. The molecule has 0 aromatic heterocycles. The molecular formula is C23H28O2. The fourth-order valence-electron chi connectivity index (χ4n) is 2.22. The Bertz CT molecular complexity index is 635. The van der Waals surface area contributed by atoms with E-state index in [2.05, 4.69) is 30.3 Å². The average molecular weight is 336 g/mol. The van der Waals surface area contributed by atoms with Crippen LogP contribution in [0.3, 0.4) is 0 Å². The number of esters is 1. The largest absolute Gasteiger partial charge is 0.462 e. The molecule has 132 valence electrons. The maximum atomic E-state index is 11.2. The van der Waals surface area contributed by atoms with E-state index in [9.17, 15) is 4.79 Å². The fraction of sp³-hybridized carbons (Fsp3) is 0.435. The highest BCUT2D eigenvalue weighted by Gasteiger charge is 2.01. The predicted octanol–water partition coefficient (Wildman–Crippen LogP) is 5.28. The van der Waals surface area contributed by atoms with Crippen LogP contribution in [-0.2, 0) is 9.53 Å². The lowest BCUT2D eigenvalue weighted by molar-refractivity contribution is -0.139. The number of carbonyl (C=O) groups excluding carboxylic acids is 1. The minimum Gasteiger partial charge on any atom is -0.462 e. The monoisotopic (exact) mass is 336 g/mol. The minimum absolute atomic E-state index is 0.283. The van der Waals surface area contributed by atoms with Crippen LogP contribution in [0.1, 0.15) is 63.9 Å². The van der Waals surface area contributed by atoms with Crippen LogP contribution >= 0.6 is 0 Å². The standard InChI is InChI=1S/C23H28O2/c1-21(2)23(24)25-20-16-11-9-7-5-3-4-6-8-10-13-17-22-18-14-12-15-19-22/h12,14-15,18-19H,1,3-7,9,11,16,20H2,2H3. The van der Waals surface area contributed by atoms with Gasteiger partial charge in [0.1, 0.15) is 0 Å². The molecule has 0 fully saturated rings. The Hall–Kier alpha value is -2.45. The topological polar surface area (TPSA) is 26.3 Å². The van der Waals surface area contributed by atoms with E-state index in [4.69, 9.17) is 4.74 Å². The van der Waals surface area contributed by atoms with Gasteiger partial charge in [-0.1, -0.05) is 68.7 Å². The molecule has 0 aliphatic heterocycles. The van der Waals surface area contributed by atoms with Crippen LogP contribution in [0.15, 0.2) is 42.5 Å². The first-order valence-electron chi connectivity index (χ1n) is 9.06. The number of hydrogen-bond donors (Lipinski definition) is 0. The third-order valence-electron chi connectivity index (χ3n) is 3.66. The zero-order valence-electron chi connectivity index (χ0n) is 15.3. The highest BCUT2D eigenvalue weighted by molar-refractivity contribution is 5.86. The third-order valence-corrected chi connectivity index (χ3v) is 3.66. The van der Waals surface area contributed by atoms with Crippen molar-refractivity contribution in [3.05, 3.63) is 48.0 Å². The first-order valence-corrected chi connectivity index (χ1v) is 9.06. The summed E-state index contributed by atoms with van der Waals surface area (Å²) < 4.78 is 5.06. The second-order valence-corrected chi connectivity index (χ2v) is 6.06. The van der Waals surface area contributed by atoms with Gasteiger partial charge in [0, 0.05) is 17.6 Å². The molecule has 25 heavy (non-hydrogen) atoms. The van der Waals surface area contributed by atoms with Crippen molar-refractivity contribution in [2.45, 2.75) is 58.3 Å². The molecule has 0 unspecified atom stereocenters. The number of benzene rings is 1. The first kappa shape index (κ1) is 20.6. The molecule has 2 heteroatoms. The molecule has 0 saturated heterocycles. The molecule has 0 atom stereocenters. The Labute approximate surface area is 152 Å². The normalized spacial score (nSPS) is 9.32. The molecule has 1 aromatic rings. The summed E-state index contributed by atoms with van der Waals surface area (Å²) in [5, 5.41) is 0. The maximum absolute atomic E-state index is 11.2. The molecule has 0 bridgehead atoms. The van der Waals surface area contributed by atoms with E-state index in [1.807, 2.05) is 30.3 Å². The van der Waals surface area contributed by atoms with Crippen LogP contribution in [0.25, 0.3) is 0 Å². The van der Waals surface area contributed by atoms with Crippen LogP contribution in [0.5, 0.6) is 0 Å². The Kier molecular flexibility index (Phi) is 11.5. The summed E-state index contributed by atoms with van der Waals surface area (Å²) in [5.41, 5.74) is 1.47. The molecule has 0 spiro atoms. The second-order valence-electron chi connectivity index (χ2n) is 6.06. The number of rotatable bonds is 10. The van der Waals surface area contributed by atoms with Gasteiger partial charge in [0.25, 0.3) is 0 Å². The van der Waals surface area contributed by atoms with Crippen LogP contribution in [0.2, 0.25) is 0 Å². The number of ether oxygens (including phenoxy) is 1. The molecular weight excluding hydrogens is 308 g/mol. The van der Waals surface area contributed by atoms with Crippen molar-refractivity contribution in [2.24, 2.45) is 0 Å². The predicted molar refractivity (Wildman–Crippen MR) is 104 cm³/mol. The van der Waals surface area contributed by atoms with Crippen molar-refractivity contribution < 1.29 is 9.53 Å². The van der Waals surface area contributed by atoms with E-state index in [1.165, 1.54) is 25.7 Å². The molecule has 0 amide bonds. The third kappa shape index (κ3) is 11.7. The van der Waals surface area contributed by atoms with E-state index in [-0.39, 0.29) is 5.97 Å². The van der Waals surface area contributed by atoms with Gasteiger partial charge in [-0.05, 0) is 43.7 Å². The Morgan fingerprint density at radius 2 is 1.60 bits per heavy atom. The lowest BCUT2D eigenvalue weighted by Crippen LogP contribution is -2.05. The molecule has 1 rings (SSSR count). The van der Waals surface area contributed by atoms with Crippen molar-refractivity contribution in [3.8, 4) is 23.7 Å². The summed E-state index contributed by atoms with van der Waals surface area (Å²) in [5.74, 6) is 11.7. The Morgan fingerprint density at radius 3 is 2.28 bits per heavy atom. The lowest BCUT2D eigenvalue weighted by atomic mass is 10.1. The van der Waals surface area contributed by atoms with E-state index in [0.717, 1.165) is 31.2 Å². The molecule has 1 aromatic carbocycles. The van der Waals surface area contributed by atoms with E-state index in [1.54, 1.807) is 6.92 Å². The van der Waals surface area contributed by atoms with Crippen molar-refractivity contribution in [2.75, 3.05) is 6.61 Å². The number of hydrogen-bond acceptors (Lipinski definition) is 2. The van der Waals surface area contributed by atoms with Gasteiger partial charge in [-0.3, -0.25) is 0 Å². The molecule has 0 aliphatic carbocycles. The van der Waals surface area contributed by atoms with E-state index >= 15 is 0 Å². The Balaban J connectivity index is 1.91. The minimum atomic E-state index is -0.283. The zero-order valence-corrected chi connectivity index (χ0v) is 15.3. The highest BCUT2D eigenvalue weighted by atomic mass is 16.5. The summed E-state index contributed by atoms with van der Waals surface area (Å²) in [6.07, 6.45) is 8.97. The fourth-order valence-corrected chi connectivity index (χ4v) is 2.22. The van der Waals surface area contributed by atoms with Gasteiger partial charge in [-0.15, -0.1) is 0 Å². The molecule has 0 aliphatic rings. The second kappa shape index (κ2) is 13.9. The highest BCUT2D eigenvalue weighted by Crippen LogP contribution is 2.08. The number of unbranched alkanes of at least 4 members (excludes halogenated alkanes) is 7. The Morgan fingerprint density at radius 1 is 0.960 bits per heavy atom. The van der Waals surface area contributed by atoms with Gasteiger partial charge in [-0.2, -0.15) is 0 Å². The summed E-state index contributed by atoms with van der Waals surface area (Å²) in [6.45, 7) is 5.73. The van der Waals surface area contributed by atoms with Gasteiger partial charge in [-0.25, -0.2) is 4.79 Å². The van der Waals surface area contributed by atoms with Crippen LogP contribution in [-0.4, -0.2) is 12.6 Å². The van der Waals surface area contributed by atoms with Crippen molar-refractivity contribution >= 4 is 5.97 Å². The number of carbonyl (C=O) groups is 1. The van der Waals surface area contributed by atoms with Crippen molar-refractivity contribution in [1.29, 1.82) is 0 Å². The van der Waals surface area contributed by atoms with Gasteiger partial charge < -0.3 is 4.74 Å². The summed E-state index contributed by atoms with van der Waals surface area (Å²) in [7, 11) is 0. The maximum Gasteiger partial charge on any atom is 0.333 e. The van der Waals surface area contributed by atoms with Gasteiger partial charge in [0.15, 0.2) is 0 Å². The smallest absolute Gasteiger partial charge is 0.333 e. The summed E-state index contributed by atoms with van der Waals surface area (Å²) >= 11 is 0. The lowest BCUT2D eigenvalue weighted by Gasteiger charge is -2.04. The molecule has 0 radical (unpaired) electrons. The van der Waals surface area contributed by atoms with Crippen molar-refractivity contribution in [1.82, 2.24) is 0 Å². The summed E-state index contributed by atoms with van der Waals surface area (Å²) in [6, 6.07) is 9.91. The molecule has 2 nitrogen and oxygen atoms in total. The van der Waals surface area contributed by atoms with Crippen LogP contribution in [0, 0.1) is 23.7 Å². The molecule has 0 N–H and O–H groups in total. The zero-order chi connectivity index (χ0) is 18.2. The summed E-state index contributed by atoms with van der Waals surface area (Å²) in [4.78, 5) is 11.2. The van der Waals surface area contributed by atoms with Crippen LogP contribution < -0.4 is 0 Å². The molecule has 0 heterocycles. The average Bonchev–Trinajstić information content (AvgIpc) is 2.62. The van der Waals surface area contributed by atoms with E-state index in [0.29, 0.717) is 12.2 Å². The van der Waals surface area contributed by atoms with Crippen molar-refractivity contribution in [3.63, 3.8) is 0 Å². The van der Waals surface area contributed by atoms with Gasteiger partial charge in [0.05, 0.1) is 6.61 Å². The SMILES string of the molecule is C=C(C)C(=O)OCCCCCCCCCC#CC#Cc1ccccc1.